The van der Waals surface area contributed by atoms with Crippen molar-refractivity contribution in [3.05, 3.63) is 27.7 Å². The molecule has 120 valence electrons. The molecule has 0 aromatic heterocycles. The first kappa shape index (κ1) is 18.7. The lowest BCUT2D eigenvalue weighted by Crippen LogP contribution is -2.34. The summed E-state index contributed by atoms with van der Waals surface area (Å²) >= 11 is 12.1. The molecule has 0 amide bonds. The van der Waals surface area contributed by atoms with Crippen LogP contribution in [0.3, 0.4) is 0 Å². The monoisotopic (exact) mass is 352 g/mol. The molecule has 2 atom stereocenters. The molecule has 0 saturated carbocycles. The van der Waals surface area contributed by atoms with Crippen molar-refractivity contribution in [1.29, 1.82) is 0 Å². The van der Waals surface area contributed by atoms with E-state index < -0.39 is 10.0 Å². The summed E-state index contributed by atoms with van der Waals surface area (Å²) < 4.78 is 27.6. The van der Waals surface area contributed by atoms with Crippen LogP contribution in [0.2, 0.25) is 10.0 Å². The van der Waals surface area contributed by atoms with E-state index in [9.17, 15) is 8.42 Å². The minimum absolute atomic E-state index is 0.0203. The highest BCUT2D eigenvalue weighted by Crippen LogP contribution is 2.29. The highest BCUT2D eigenvalue weighted by atomic mass is 35.5. The molecule has 0 aliphatic rings. The van der Waals surface area contributed by atoms with Crippen LogP contribution in [-0.2, 0) is 16.6 Å². The van der Waals surface area contributed by atoms with Crippen LogP contribution in [0, 0.1) is 5.92 Å². The number of nitrogens with one attached hydrogen (secondary N) is 1. The summed E-state index contributed by atoms with van der Waals surface area (Å²) in [5.74, 6) is 0.442. The second kappa shape index (κ2) is 7.79. The van der Waals surface area contributed by atoms with Crippen LogP contribution in [0.25, 0.3) is 0 Å². The summed E-state index contributed by atoms with van der Waals surface area (Å²) in [6.45, 7) is 6.13. The normalized spacial score (nSPS) is 15.0. The second-order valence-corrected chi connectivity index (χ2v) is 7.85. The van der Waals surface area contributed by atoms with Crippen molar-refractivity contribution < 1.29 is 8.42 Å². The first-order chi connectivity index (χ1) is 9.71. The van der Waals surface area contributed by atoms with E-state index >= 15 is 0 Å². The number of hydrogen-bond donors (Lipinski definition) is 2. The Morgan fingerprint density at radius 3 is 2.43 bits per heavy atom. The zero-order valence-corrected chi connectivity index (χ0v) is 14.8. The van der Waals surface area contributed by atoms with Crippen LogP contribution in [0.1, 0.15) is 39.2 Å². The molecular weight excluding hydrogens is 331 g/mol. The molecule has 0 saturated heterocycles. The van der Waals surface area contributed by atoms with Crippen LogP contribution < -0.4 is 10.5 Å². The topological polar surface area (TPSA) is 72.2 Å². The van der Waals surface area contributed by atoms with Crippen molar-refractivity contribution in [2.24, 2.45) is 11.7 Å². The van der Waals surface area contributed by atoms with Gasteiger partial charge in [0.25, 0.3) is 0 Å². The maximum absolute atomic E-state index is 12.5. The predicted octanol–water partition coefficient (Wildman–Crippen LogP) is 3.56. The number of halogens is 2. The molecule has 0 aliphatic carbocycles. The van der Waals surface area contributed by atoms with Gasteiger partial charge in [0.05, 0.1) is 5.02 Å². The first-order valence-corrected chi connectivity index (χ1v) is 9.15. The van der Waals surface area contributed by atoms with Gasteiger partial charge in [-0.1, -0.05) is 43.5 Å². The van der Waals surface area contributed by atoms with E-state index in [4.69, 9.17) is 28.9 Å². The van der Waals surface area contributed by atoms with Gasteiger partial charge < -0.3 is 5.73 Å². The van der Waals surface area contributed by atoms with Crippen LogP contribution >= 0.6 is 23.2 Å². The van der Waals surface area contributed by atoms with Crippen molar-refractivity contribution in [3.8, 4) is 0 Å². The molecule has 3 N–H and O–H groups in total. The van der Waals surface area contributed by atoms with Gasteiger partial charge in [0.2, 0.25) is 10.0 Å². The number of benzene rings is 1. The number of nitrogens with two attached hydrogens (primary N) is 1. The Balaban J connectivity index is 3.06. The van der Waals surface area contributed by atoms with Gasteiger partial charge in [0.1, 0.15) is 4.90 Å². The van der Waals surface area contributed by atoms with Gasteiger partial charge in [0, 0.05) is 17.6 Å². The third-order valence-electron chi connectivity index (χ3n) is 3.40. The Morgan fingerprint density at radius 1 is 1.29 bits per heavy atom. The average molecular weight is 353 g/mol. The van der Waals surface area contributed by atoms with Gasteiger partial charge >= 0.3 is 0 Å². The van der Waals surface area contributed by atoms with Gasteiger partial charge in [0.15, 0.2) is 0 Å². The van der Waals surface area contributed by atoms with Crippen molar-refractivity contribution in [3.63, 3.8) is 0 Å². The Morgan fingerprint density at radius 2 is 1.90 bits per heavy atom. The highest BCUT2D eigenvalue weighted by molar-refractivity contribution is 7.89. The maximum Gasteiger partial charge on any atom is 0.242 e. The summed E-state index contributed by atoms with van der Waals surface area (Å²) in [6.07, 6.45) is 1.76. The molecule has 0 radical (unpaired) electrons. The van der Waals surface area contributed by atoms with Crippen molar-refractivity contribution in [1.82, 2.24) is 4.72 Å². The SMILES string of the molecule is CCC(C)CC(C)NS(=O)(=O)c1cc(Cl)cc(CN)c1Cl. The Bertz CT molecular complexity index is 591. The summed E-state index contributed by atoms with van der Waals surface area (Å²) in [5.41, 5.74) is 6.07. The molecule has 2 unspecified atom stereocenters. The third kappa shape index (κ3) is 5.11. The Labute approximate surface area is 137 Å². The molecule has 0 spiro atoms. The standard InChI is InChI=1S/C14H22Cl2N2O2S/c1-4-9(2)5-10(3)18-21(19,20)13-7-12(15)6-11(8-17)14(13)16/h6-7,9-10,18H,4-5,8,17H2,1-3H3. The lowest BCUT2D eigenvalue weighted by Gasteiger charge is -2.18. The number of rotatable bonds is 7. The van der Waals surface area contributed by atoms with Gasteiger partial charge in [-0.2, -0.15) is 0 Å². The molecule has 4 nitrogen and oxygen atoms in total. The Hall–Kier alpha value is -0.330. The quantitative estimate of drug-likeness (QED) is 0.787. The largest absolute Gasteiger partial charge is 0.326 e. The molecular formula is C14H22Cl2N2O2S. The minimum atomic E-state index is -3.72. The fraction of sp³-hybridized carbons (Fsp3) is 0.571. The lowest BCUT2D eigenvalue weighted by molar-refractivity contribution is 0.445. The Kier molecular flexibility index (Phi) is 6.94. The molecule has 21 heavy (non-hydrogen) atoms. The average Bonchev–Trinajstić information content (AvgIpc) is 2.39. The summed E-state index contributed by atoms with van der Waals surface area (Å²) in [5, 5.41) is 0.431. The van der Waals surface area contributed by atoms with Gasteiger partial charge in [-0.25, -0.2) is 13.1 Å². The molecule has 0 bridgehead atoms. The van der Waals surface area contributed by atoms with E-state index in [2.05, 4.69) is 18.6 Å². The summed E-state index contributed by atoms with van der Waals surface area (Å²) in [7, 11) is -3.72. The van der Waals surface area contributed by atoms with E-state index in [1.165, 1.54) is 6.07 Å². The van der Waals surface area contributed by atoms with Gasteiger partial charge in [-0.3, -0.25) is 0 Å². The van der Waals surface area contributed by atoms with Crippen molar-refractivity contribution in [2.75, 3.05) is 0 Å². The first-order valence-electron chi connectivity index (χ1n) is 6.91. The zero-order valence-electron chi connectivity index (χ0n) is 12.5. The summed E-state index contributed by atoms with van der Waals surface area (Å²) in [6, 6.07) is 2.74. The zero-order chi connectivity index (χ0) is 16.2. The van der Waals surface area contributed by atoms with Crippen LogP contribution in [-0.4, -0.2) is 14.5 Å². The van der Waals surface area contributed by atoms with Crippen LogP contribution in [0.5, 0.6) is 0 Å². The smallest absolute Gasteiger partial charge is 0.242 e. The molecule has 1 aromatic rings. The van der Waals surface area contributed by atoms with Crippen molar-refractivity contribution >= 4 is 33.2 Å². The molecule has 0 fully saturated rings. The molecule has 7 heteroatoms. The predicted molar refractivity (Wildman–Crippen MR) is 88.2 cm³/mol. The molecule has 0 heterocycles. The maximum atomic E-state index is 12.5. The van der Waals surface area contributed by atoms with Gasteiger partial charge in [-0.15, -0.1) is 0 Å². The minimum Gasteiger partial charge on any atom is -0.326 e. The highest BCUT2D eigenvalue weighted by Gasteiger charge is 2.23. The molecule has 1 aromatic carbocycles. The van der Waals surface area contributed by atoms with E-state index in [-0.39, 0.29) is 22.5 Å². The summed E-state index contributed by atoms with van der Waals surface area (Å²) in [4.78, 5) is -0.0203. The molecule has 1 rings (SSSR count). The second-order valence-electron chi connectivity index (χ2n) is 5.35. The van der Waals surface area contributed by atoms with Crippen LogP contribution in [0.15, 0.2) is 17.0 Å². The number of sulfonamides is 1. The van der Waals surface area contributed by atoms with E-state index in [1.54, 1.807) is 6.07 Å². The van der Waals surface area contributed by atoms with E-state index in [0.717, 1.165) is 12.8 Å². The van der Waals surface area contributed by atoms with E-state index in [1.807, 2.05) is 6.92 Å². The lowest BCUT2D eigenvalue weighted by atomic mass is 10.0. The third-order valence-corrected chi connectivity index (χ3v) is 5.79. The fourth-order valence-electron chi connectivity index (χ4n) is 2.11. The van der Waals surface area contributed by atoms with Crippen molar-refractivity contribution in [2.45, 2.75) is 51.1 Å². The van der Waals surface area contributed by atoms with Gasteiger partial charge in [-0.05, 0) is 37.0 Å². The fourth-order valence-corrected chi connectivity index (χ4v) is 4.31. The van der Waals surface area contributed by atoms with Crippen LogP contribution in [0.4, 0.5) is 0 Å². The van der Waals surface area contributed by atoms with E-state index in [0.29, 0.717) is 16.5 Å². The number of hydrogen-bond acceptors (Lipinski definition) is 3. The molecule has 0 aliphatic heterocycles.